The summed E-state index contributed by atoms with van der Waals surface area (Å²) in [5.74, 6) is 0.875. The molecular formula is C11H13BrO2. The van der Waals surface area contributed by atoms with Crippen molar-refractivity contribution in [1.82, 2.24) is 0 Å². The van der Waals surface area contributed by atoms with Crippen LogP contribution < -0.4 is 4.74 Å². The van der Waals surface area contributed by atoms with E-state index in [1.54, 1.807) is 0 Å². The number of rotatable bonds is 2. The quantitative estimate of drug-likeness (QED) is 0.808. The minimum absolute atomic E-state index is 0.0510. The third-order valence-electron chi connectivity index (χ3n) is 2.22. The Morgan fingerprint density at radius 3 is 2.64 bits per heavy atom. The molecule has 1 aromatic carbocycles. The minimum atomic E-state index is -0.0510. The molecule has 1 heterocycles. The highest BCUT2D eigenvalue weighted by Crippen LogP contribution is 2.21. The molecule has 14 heavy (non-hydrogen) atoms. The predicted molar refractivity (Wildman–Crippen MR) is 58.4 cm³/mol. The van der Waals surface area contributed by atoms with Gasteiger partial charge in [-0.15, -0.1) is 0 Å². The lowest BCUT2D eigenvalue weighted by Gasteiger charge is -2.23. The Hall–Kier alpha value is -0.540. The van der Waals surface area contributed by atoms with E-state index in [4.69, 9.17) is 9.47 Å². The summed E-state index contributed by atoms with van der Waals surface area (Å²) in [7, 11) is 0. The number of hydrogen-bond acceptors (Lipinski definition) is 2. The van der Waals surface area contributed by atoms with E-state index in [9.17, 15) is 0 Å². The van der Waals surface area contributed by atoms with Crippen molar-refractivity contribution in [3.8, 4) is 5.75 Å². The summed E-state index contributed by atoms with van der Waals surface area (Å²) in [6.07, 6.45) is 3.29. The Morgan fingerprint density at radius 1 is 1.21 bits per heavy atom. The van der Waals surface area contributed by atoms with Gasteiger partial charge in [-0.1, -0.05) is 15.9 Å². The van der Waals surface area contributed by atoms with Crippen LogP contribution in [0.2, 0.25) is 0 Å². The first-order valence-electron chi connectivity index (χ1n) is 4.88. The molecule has 1 aromatic rings. The van der Waals surface area contributed by atoms with Gasteiger partial charge in [-0.2, -0.15) is 0 Å². The summed E-state index contributed by atoms with van der Waals surface area (Å²) in [6, 6.07) is 7.83. The van der Waals surface area contributed by atoms with E-state index in [1.807, 2.05) is 24.3 Å². The van der Waals surface area contributed by atoms with Gasteiger partial charge in [0.15, 0.2) is 6.29 Å². The fraction of sp³-hybridized carbons (Fsp3) is 0.455. The van der Waals surface area contributed by atoms with Crippen molar-refractivity contribution in [2.75, 3.05) is 6.61 Å². The maximum atomic E-state index is 5.67. The summed E-state index contributed by atoms with van der Waals surface area (Å²) in [4.78, 5) is 0. The van der Waals surface area contributed by atoms with Crippen molar-refractivity contribution in [1.29, 1.82) is 0 Å². The molecule has 1 atom stereocenters. The molecule has 0 aliphatic carbocycles. The van der Waals surface area contributed by atoms with Gasteiger partial charge < -0.3 is 9.47 Å². The Bertz CT molecular complexity index is 278. The van der Waals surface area contributed by atoms with Crippen LogP contribution in [0.5, 0.6) is 5.75 Å². The molecule has 2 rings (SSSR count). The molecular weight excluding hydrogens is 244 g/mol. The van der Waals surface area contributed by atoms with Gasteiger partial charge in [-0.3, -0.25) is 0 Å². The van der Waals surface area contributed by atoms with Crippen LogP contribution in [0, 0.1) is 0 Å². The molecule has 0 saturated carbocycles. The summed E-state index contributed by atoms with van der Waals surface area (Å²) in [5.41, 5.74) is 0. The lowest BCUT2D eigenvalue weighted by Crippen LogP contribution is -2.24. The minimum Gasteiger partial charge on any atom is -0.465 e. The van der Waals surface area contributed by atoms with Gasteiger partial charge in [0.25, 0.3) is 0 Å². The average molecular weight is 257 g/mol. The Labute approximate surface area is 92.3 Å². The van der Waals surface area contributed by atoms with E-state index in [0.717, 1.165) is 29.7 Å². The van der Waals surface area contributed by atoms with Crippen molar-refractivity contribution in [2.45, 2.75) is 25.6 Å². The monoisotopic (exact) mass is 256 g/mol. The Morgan fingerprint density at radius 2 is 2.00 bits per heavy atom. The zero-order valence-electron chi connectivity index (χ0n) is 7.91. The van der Waals surface area contributed by atoms with Crippen LogP contribution in [0.15, 0.2) is 28.7 Å². The largest absolute Gasteiger partial charge is 0.465 e. The first-order chi connectivity index (χ1) is 6.84. The third-order valence-corrected chi connectivity index (χ3v) is 2.75. The summed E-state index contributed by atoms with van der Waals surface area (Å²) in [5, 5.41) is 0. The van der Waals surface area contributed by atoms with Crippen molar-refractivity contribution in [3.05, 3.63) is 28.7 Å². The second-order valence-corrected chi connectivity index (χ2v) is 4.28. The van der Waals surface area contributed by atoms with Crippen LogP contribution in [-0.2, 0) is 4.74 Å². The van der Waals surface area contributed by atoms with Crippen LogP contribution in [0.25, 0.3) is 0 Å². The molecule has 0 aromatic heterocycles. The molecule has 0 spiro atoms. The first-order valence-corrected chi connectivity index (χ1v) is 5.68. The van der Waals surface area contributed by atoms with Gasteiger partial charge in [0.2, 0.25) is 0 Å². The van der Waals surface area contributed by atoms with Crippen molar-refractivity contribution in [2.24, 2.45) is 0 Å². The summed E-state index contributed by atoms with van der Waals surface area (Å²) >= 11 is 3.38. The molecule has 3 heteroatoms. The zero-order valence-corrected chi connectivity index (χ0v) is 9.50. The fourth-order valence-electron chi connectivity index (χ4n) is 1.47. The lowest BCUT2D eigenvalue weighted by atomic mass is 10.2. The summed E-state index contributed by atoms with van der Waals surface area (Å²) in [6.45, 7) is 0.821. The van der Waals surface area contributed by atoms with Crippen LogP contribution in [0.3, 0.4) is 0 Å². The highest BCUT2D eigenvalue weighted by atomic mass is 79.9. The molecule has 1 fully saturated rings. The van der Waals surface area contributed by atoms with E-state index < -0.39 is 0 Å². The van der Waals surface area contributed by atoms with Gasteiger partial charge in [0.05, 0.1) is 6.61 Å². The highest BCUT2D eigenvalue weighted by molar-refractivity contribution is 9.10. The molecule has 1 aliphatic rings. The standard InChI is InChI=1S/C11H13BrO2/c12-9-4-6-10(7-5-9)14-11-3-1-2-8-13-11/h4-7,11H,1-3,8H2/t11-/m0/s1. The van der Waals surface area contributed by atoms with E-state index in [-0.39, 0.29) is 6.29 Å². The van der Waals surface area contributed by atoms with E-state index >= 15 is 0 Å². The van der Waals surface area contributed by atoms with Gasteiger partial charge in [0, 0.05) is 10.9 Å². The number of hydrogen-bond donors (Lipinski definition) is 0. The van der Waals surface area contributed by atoms with Gasteiger partial charge in [-0.25, -0.2) is 0 Å². The molecule has 0 unspecified atom stereocenters. The normalized spacial score (nSPS) is 21.9. The molecule has 76 valence electrons. The lowest BCUT2D eigenvalue weighted by molar-refractivity contribution is -0.105. The molecule has 0 amide bonds. The number of ether oxygens (including phenoxy) is 2. The van der Waals surface area contributed by atoms with Crippen molar-refractivity contribution < 1.29 is 9.47 Å². The number of benzene rings is 1. The van der Waals surface area contributed by atoms with Gasteiger partial charge in [0.1, 0.15) is 5.75 Å². The van der Waals surface area contributed by atoms with Gasteiger partial charge in [-0.05, 0) is 37.1 Å². The molecule has 0 bridgehead atoms. The zero-order chi connectivity index (χ0) is 9.80. The Kier molecular flexibility index (Phi) is 3.43. The summed E-state index contributed by atoms with van der Waals surface area (Å²) < 4.78 is 12.2. The topological polar surface area (TPSA) is 18.5 Å². The second kappa shape index (κ2) is 4.80. The van der Waals surface area contributed by atoms with Crippen LogP contribution >= 0.6 is 15.9 Å². The SMILES string of the molecule is Brc1ccc(O[C@H]2CCCCO2)cc1. The third kappa shape index (κ3) is 2.72. The maximum absolute atomic E-state index is 5.67. The van der Waals surface area contributed by atoms with Crippen molar-refractivity contribution >= 4 is 15.9 Å². The molecule has 2 nitrogen and oxygen atoms in total. The molecule has 1 saturated heterocycles. The first kappa shape index (κ1) is 9.99. The molecule has 1 aliphatic heterocycles. The second-order valence-electron chi connectivity index (χ2n) is 3.37. The smallest absolute Gasteiger partial charge is 0.199 e. The highest BCUT2D eigenvalue weighted by Gasteiger charge is 2.14. The maximum Gasteiger partial charge on any atom is 0.199 e. The van der Waals surface area contributed by atoms with E-state index in [0.29, 0.717) is 0 Å². The molecule has 0 N–H and O–H groups in total. The van der Waals surface area contributed by atoms with Gasteiger partial charge >= 0.3 is 0 Å². The van der Waals surface area contributed by atoms with E-state index in [1.165, 1.54) is 6.42 Å². The van der Waals surface area contributed by atoms with Crippen LogP contribution in [-0.4, -0.2) is 12.9 Å². The fourth-order valence-corrected chi connectivity index (χ4v) is 1.73. The van der Waals surface area contributed by atoms with E-state index in [2.05, 4.69) is 15.9 Å². The van der Waals surface area contributed by atoms with Crippen LogP contribution in [0.1, 0.15) is 19.3 Å². The van der Waals surface area contributed by atoms with Crippen molar-refractivity contribution in [3.63, 3.8) is 0 Å². The van der Waals surface area contributed by atoms with Crippen LogP contribution in [0.4, 0.5) is 0 Å². The number of halogens is 1. The molecule has 0 radical (unpaired) electrons. The Balaban J connectivity index is 1.92. The predicted octanol–water partition coefficient (Wildman–Crippen LogP) is 3.35. The average Bonchev–Trinajstić information content (AvgIpc) is 2.23.